The van der Waals surface area contributed by atoms with E-state index < -0.39 is 36.8 Å². The first-order valence-electron chi connectivity index (χ1n) is 19.8. The van der Waals surface area contributed by atoms with Crippen LogP contribution < -0.4 is 0 Å². The van der Waals surface area contributed by atoms with Crippen LogP contribution in [0.25, 0.3) is 0 Å². The van der Waals surface area contributed by atoms with Crippen LogP contribution in [0.5, 0.6) is 0 Å². The molecule has 7 heteroatoms. The minimum absolute atomic E-state index is 0.0526. The third-order valence-corrected chi connectivity index (χ3v) is 10.3. The summed E-state index contributed by atoms with van der Waals surface area (Å²) in [7, 11) is 0. The van der Waals surface area contributed by atoms with Gasteiger partial charge in [-0.05, 0) is 40.7 Å². The predicted octanol–water partition coefficient (Wildman–Crippen LogP) is 9.62. The van der Waals surface area contributed by atoms with Gasteiger partial charge in [0.15, 0.2) is 6.29 Å². The fourth-order valence-corrected chi connectivity index (χ4v) is 7.37. The summed E-state index contributed by atoms with van der Waals surface area (Å²) in [5, 5.41) is 0. The summed E-state index contributed by atoms with van der Waals surface area (Å²) in [6.07, 6.45) is 1.84. The fourth-order valence-electron chi connectivity index (χ4n) is 7.37. The predicted molar refractivity (Wildman–Crippen MR) is 213 cm³/mol. The average Bonchev–Trinajstić information content (AvgIpc) is 3.25. The smallest absolute Gasteiger partial charge is 0.187 e. The second kappa shape index (κ2) is 21.2. The first kappa shape index (κ1) is 39.1. The second-order valence-corrected chi connectivity index (χ2v) is 14.5. The van der Waals surface area contributed by atoms with E-state index in [2.05, 4.69) is 60.7 Å². The van der Waals surface area contributed by atoms with Crippen LogP contribution in [0.3, 0.4) is 0 Å². The largest absolute Gasteiger partial charge is 0.374 e. The van der Waals surface area contributed by atoms with Crippen molar-refractivity contribution in [2.45, 2.75) is 108 Å². The Hall–Kier alpha value is -4.18. The van der Waals surface area contributed by atoms with Crippen molar-refractivity contribution in [3.8, 4) is 0 Å². The van der Waals surface area contributed by atoms with Crippen molar-refractivity contribution in [2.75, 3.05) is 6.61 Å². The molecule has 1 saturated carbocycles. The number of hydrogen-bond donors (Lipinski definition) is 0. The molecular weight excluding hydrogens is 689 g/mol. The minimum atomic E-state index is -0.730. The molecule has 5 aromatic rings. The van der Waals surface area contributed by atoms with Crippen LogP contribution in [0.4, 0.5) is 0 Å². The van der Waals surface area contributed by atoms with Crippen molar-refractivity contribution in [1.82, 2.24) is 0 Å². The molecule has 0 bridgehead atoms. The van der Waals surface area contributed by atoms with Crippen molar-refractivity contribution in [2.24, 2.45) is 0 Å². The zero-order chi connectivity index (χ0) is 37.3. The molecule has 2 aliphatic rings. The maximum absolute atomic E-state index is 7.17. The number of rotatable bonds is 19. The van der Waals surface area contributed by atoms with Gasteiger partial charge in [-0.3, -0.25) is 0 Å². The van der Waals surface area contributed by atoms with Gasteiger partial charge in [-0.1, -0.05) is 171 Å². The van der Waals surface area contributed by atoms with Crippen LogP contribution in [-0.4, -0.2) is 49.5 Å². The zero-order valence-corrected chi connectivity index (χ0v) is 31.6. The molecule has 5 aromatic carbocycles. The lowest BCUT2D eigenvalue weighted by Crippen LogP contribution is -2.64. The summed E-state index contributed by atoms with van der Waals surface area (Å²) >= 11 is 0. The minimum Gasteiger partial charge on any atom is -0.374 e. The lowest BCUT2D eigenvalue weighted by atomic mass is 9.93. The van der Waals surface area contributed by atoms with Crippen molar-refractivity contribution < 1.29 is 33.2 Å². The number of benzene rings is 5. The number of hydrogen-bond acceptors (Lipinski definition) is 7. The Morgan fingerprint density at radius 2 is 0.873 bits per heavy atom. The van der Waals surface area contributed by atoms with Crippen molar-refractivity contribution in [1.29, 1.82) is 0 Å². The van der Waals surface area contributed by atoms with Crippen LogP contribution in [0, 0.1) is 0 Å². The molecule has 1 heterocycles. The zero-order valence-electron chi connectivity index (χ0n) is 31.6. The Balaban J connectivity index is 1.24. The summed E-state index contributed by atoms with van der Waals surface area (Å²) in [6, 6.07) is 51.1. The highest BCUT2D eigenvalue weighted by Crippen LogP contribution is 2.36. The SMILES string of the molecule is c1ccc(COC[C@H](OCc2ccccc2)[C@H]2O[C@H](OC3CCCCC3)[C@@H](OCc3ccccc3)[C@@H](OCc3ccccc3)[C@@H]2OCc2ccccc2)cc1. The monoisotopic (exact) mass is 742 g/mol. The van der Waals surface area contributed by atoms with Gasteiger partial charge < -0.3 is 33.2 Å². The van der Waals surface area contributed by atoms with Crippen molar-refractivity contribution >= 4 is 0 Å². The Morgan fingerprint density at radius 3 is 1.36 bits per heavy atom. The molecule has 55 heavy (non-hydrogen) atoms. The maximum atomic E-state index is 7.17. The summed E-state index contributed by atoms with van der Waals surface area (Å²) in [5.41, 5.74) is 5.31. The molecule has 7 rings (SSSR count). The van der Waals surface area contributed by atoms with E-state index in [4.69, 9.17) is 33.2 Å². The molecular formula is C48H54O7. The molecule has 0 amide bonds. The quantitative estimate of drug-likeness (QED) is 0.0835. The number of ether oxygens (including phenoxy) is 7. The standard InChI is InChI=1S/C48H54O7/c1-7-19-37(20-8-1)31-49-36-43(50-32-38-21-9-2-10-22-38)44-45(51-33-39-23-11-3-12-24-39)46(52-34-40-25-13-4-14-26-40)47(53-35-41-27-15-5-16-28-41)48(55-44)54-42-29-17-6-18-30-42/h1-5,7-16,19-28,42-48H,6,17-18,29-36H2/t43-,44+,45+,46-,47-,48-/m0/s1. The van der Waals surface area contributed by atoms with Gasteiger partial charge in [-0.25, -0.2) is 0 Å². The Bertz CT molecular complexity index is 1750. The molecule has 1 saturated heterocycles. The summed E-state index contributed by atoms with van der Waals surface area (Å²) in [5.74, 6) is 0. The van der Waals surface area contributed by atoms with E-state index in [1.165, 1.54) is 6.42 Å². The third-order valence-electron chi connectivity index (χ3n) is 10.3. The van der Waals surface area contributed by atoms with Gasteiger partial charge in [0.2, 0.25) is 0 Å². The maximum Gasteiger partial charge on any atom is 0.187 e. The molecule has 0 spiro atoms. The normalized spacial score (nSPS) is 22.3. The Kier molecular flexibility index (Phi) is 15.1. The molecule has 0 unspecified atom stereocenters. The lowest BCUT2D eigenvalue weighted by Gasteiger charge is -2.48. The van der Waals surface area contributed by atoms with Crippen molar-refractivity contribution in [3.63, 3.8) is 0 Å². The topological polar surface area (TPSA) is 64.6 Å². The van der Waals surface area contributed by atoms with Crippen LogP contribution in [0.1, 0.15) is 59.9 Å². The van der Waals surface area contributed by atoms with Crippen LogP contribution in [0.2, 0.25) is 0 Å². The van der Waals surface area contributed by atoms with E-state index in [0.29, 0.717) is 33.0 Å². The van der Waals surface area contributed by atoms with Crippen LogP contribution in [0.15, 0.2) is 152 Å². The van der Waals surface area contributed by atoms with Gasteiger partial charge in [0.25, 0.3) is 0 Å². The molecule has 0 N–H and O–H groups in total. The first-order valence-corrected chi connectivity index (χ1v) is 19.8. The van der Waals surface area contributed by atoms with E-state index in [-0.39, 0.29) is 12.7 Å². The van der Waals surface area contributed by atoms with E-state index in [1.807, 2.05) is 91.0 Å². The molecule has 288 valence electrons. The molecule has 6 atom stereocenters. The van der Waals surface area contributed by atoms with Gasteiger partial charge in [0.1, 0.15) is 30.5 Å². The second-order valence-electron chi connectivity index (χ2n) is 14.5. The highest BCUT2D eigenvalue weighted by Gasteiger charge is 2.52. The Morgan fingerprint density at radius 1 is 0.455 bits per heavy atom. The van der Waals surface area contributed by atoms with E-state index >= 15 is 0 Å². The highest BCUT2D eigenvalue weighted by atomic mass is 16.7. The van der Waals surface area contributed by atoms with E-state index in [9.17, 15) is 0 Å². The van der Waals surface area contributed by atoms with Crippen LogP contribution >= 0.6 is 0 Å². The Labute approximate surface area is 326 Å². The molecule has 7 nitrogen and oxygen atoms in total. The van der Waals surface area contributed by atoms with Crippen molar-refractivity contribution in [3.05, 3.63) is 179 Å². The van der Waals surface area contributed by atoms with Gasteiger partial charge in [-0.15, -0.1) is 0 Å². The molecule has 1 aliphatic carbocycles. The third kappa shape index (κ3) is 11.9. The molecule has 0 aromatic heterocycles. The summed E-state index contributed by atoms with van der Waals surface area (Å²) in [6.45, 7) is 2.18. The molecule has 0 radical (unpaired) electrons. The van der Waals surface area contributed by atoms with Gasteiger partial charge in [-0.2, -0.15) is 0 Å². The van der Waals surface area contributed by atoms with Gasteiger partial charge >= 0.3 is 0 Å². The lowest BCUT2D eigenvalue weighted by molar-refractivity contribution is -0.347. The highest BCUT2D eigenvalue weighted by molar-refractivity contribution is 5.17. The first-order chi connectivity index (χ1) is 27.3. The average molecular weight is 743 g/mol. The molecule has 1 aliphatic heterocycles. The fraction of sp³-hybridized carbons (Fsp3) is 0.375. The summed E-state index contributed by atoms with van der Waals surface area (Å²) < 4.78 is 48.3. The van der Waals surface area contributed by atoms with E-state index in [1.54, 1.807) is 0 Å². The van der Waals surface area contributed by atoms with Gasteiger partial charge in [0.05, 0.1) is 45.7 Å². The molecule has 2 fully saturated rings. The van der Waals surface area contributed by atoms with Crippen LogP contribution in [-0.2, 0) is 66.2 Å². The van der Waals surface area contributed by atoms with Gasteiger partial charge in [0, 0.05) is 0 Å². The summed E-state index contributed by atoms with van der Waals surface area (Å²) in [4.78, 5) is 0. The van der Waals surface area contributed by atoms with E-state index in [0.717, 1.165) is 53.5 Å².